The summed E-state index contributed by atoms with van der Waals surface area (Å²) < 4.78 is 0.945. The molecule has 0 saturated heterocycles. The molecule has 0 spiro atoms. The number of non-ortho nitro benzene ring substituents is 1. The Balaban J connectivity index is 1.82. The van der Waals surface area contributed by atoms with Crippen LogP contribution in [0.1, 0.15) is 11.1 Å². The van der Waals surface area contributed by atoms with E-state index < -0.39 is 10.8 Å². The van der Waals surface area contributed by atoms with Crippen LogP contribution in [0, 0.1) is 17.0 Å². The Morgan fingerprint density at radius 2 is 1.88 bits per heavy atom. The maximum absolute atomic E-state index is 11.9. The molecule has 7 nitrogen and oxygen atoms in total. The molecule has 2 aromatic rings. The Kier molecular flexibility index (Phi) is 6.62. The van der Waals surface area contributed by atoms with Gasteiger partial charge in [-0.1, -0.05) is 15.9 Å². The Labute approximate surface area is 158 Å². The van der Waals surface area contributed by atoms with E-state index in [1.54, 1.807) is 6.07 Å². The number of anilines is 1. The zero-order valence-electron chi connectivity index (χ0n) is 13.9. The number of benzene rings is 2. The SMILES string of the molecule is Cc1cc(NC(=O)CNC(=O)/C=C/c2ccc([N+](=O)[O-])cc2)ccc1Br. The van der Waals surface area contributed by atoms with Crippen molar-refractivity contribution in [3.8, 4) is 0 Å². The molecule has 0 fully saturated rings. The van der Waals surface area contributed by atoms with E-state index in [1.807, 2.05) is 19.1 Å². The zero-order valence-corrected chi connectivity index (χ0v) is 15.4. The van der Waals surface area contributed by atoms with Gasteiger partial charge in [-0.2, -0.15) is 0 Å². The number of halogens is 1. The maximum Gasteiger partial charge on any atom is 0.269 e. The van der Waals surface area contributed by atoms with Gasteiger partial charge in [0.15, 0.2) is 0 Å². The number of carbonyl (C=O) groups excluding carboxylic acids is 2. The molecule has 26 heavy (non-hydrogen) atoms. The first-order chi connectivity index (χ1) is 12.3. The van der Waals surface area contributed by atoms with Crippen LogP contribution < -0.4 is 10.6 Å². The molecule has 0 aliphatic heterocycles. The zero-order chi connectivity index (χ0) is 19.1. The van der Waals surface area contributed by atoms with Gasteiger partial charge in [0.05, 0.1) is 11.5 Å². The van der Waals surface area contributed by atoms with Gasteiger partial charge < -0.3 is 10.6 Å². The van der Waals surface area contributed by atoms with Gasteiger partial charge in [-0.15, -0.1) is 0 Å². The Morgan fingerprint density at radius 3 is 2.50 bits per heavy atom. The van der Waals surface area contributed by atoms with Gasteiger partial charge in [0.25, 0.3) is 5.69 Å². The van der Waals surface area contributed by atoms with E-state index in [0.717, 1.165) is 10.0 Å². The molecule has 0 heterocycles. The molecule has 134 valence electrons. The normalized spacial score (nSPS) is 10.5. The Hall–Kier alpha value is -3.00. The Morgan fingerprint density at radius 1 is 1.19 bits per heavy atom. The summed E-state index contributed by atoms with van der Waals surface area (Å²) in [5, 5.41) is 15.7. The molecule has 2 N–H and O–H groups in total. The third-order valence-corrected chi connectivity index (χ3v) is 4.29. The standard InChI is InChI=1S/C18H16BrN3O4/c1-12-10-14(5-8-16(12)19)21-18(24)11-20-17(23)9-4-13-2-6-15(7-3-13)22(25)26/h2-10H,11H2,1H3,(H,20,23)(H,21,24)/b9-4+. The van der Waals surface area contributed by atoms with Crippen LogP contribution in [0.5, 0.6) is 0 Å². The van der Waals surface area contributed by atoms with Gasteiger partial charge >= 0.3 is 0 Å². The number of nitrogens with zero attached hydrogens (tertiary/aromatic N) is 1. The third-order valence-electron chi connectivity index (χ3n) is 3.40. The summed E-state index contributed by atoms with van der Waals surface area (Å²) in [7, 11) is 0. The fraction of sp³-hybridized carbons (Fsp3) is 0.111. The van der Waals surface area contributed by atoms with E-state index in [-0.39, 0.29) is 18.1 Å². The van der Waals surface area contributed by atoms with Gasteiger partial charge in [0.1, 0.15) is 0 Å². The molecule has 0 radical (unpaired) electrons. The second kappa shape index (κ2) is 8.91. The summed E-state index contributed by atoms with van der Waals surface area (Å²) in [6, 6.07) is 11.2. The number of hydrogen-bond acceptors (Lipinski definition) is 4. The van der Waals surface area contributed by atoms with E-state index in [2.05, 4.69) is 26.6 Å². The number of rotatable bonds is 6. The lowest BCUT2D eigenvalue weighted by Gasteiger charge is -2.07. The molecule has 2 amide bonds. The van der Waals surface area contributed by atoms with E-state index in [0.29, 0.717) is 11.3 Å². The van der Waals surface area contributed by atoms with Gasteiger partial charge in [0.2, 0.25) is 11.8 Å². The van der Waals surface area contributed by atoms with Crippen LogP contribution in [0.3, 0.4) is 0 Å². The van der Waals surface area contributed by atoms with Crippen molar-refractivity contribution in [3.05, 3.63) is 74.3 Å². The highest BCUT2D eigenvalue weighted by atomic mass is 79.9. The van der Waals surface area contributed by atoms with Crippen molar-refractivity contribution in [1.82, 2.24) is 5.32 Å². The van der Waals surface area contributed by atoms with Crippen LogP contribution in [-0.4, -0.2) is 23.3 Å². The number of nitrogens with one attached hydrogen (secondary N) is 2. The first kappa shape index (κ1) is 19.3. The van der Waals surface area contributed by atoms with Crippen molar-refractivity contribution < 1.29 is 14.5 Å². The highest BCUT2D eigenvalue weighted by Crippen LogP contribution is 2.19. The minimum absolute atomic E-state index is 0.0218. The van der Waals surface area contributed by atoms with Crippen molar-refractivity contribution >= 4 is 45.2 Å². The fourth-order valence-electron chi connectivity index (χ4n) is 2.03. The van der Waals surface area contributed by atoms with Crippen molar-refractivity contribution in [1.29, 1.82) is 0 Å². The quantitative estimate of drug-likeness (QED) is 0.426. The Bertz CT molecular complexity index is 863. The molecular formula is C18H16BrN3O4. The maximum atomic E-state index is 11.9. The molecule has 0 unspecified atom stereocenters. The van der Waals surface area contributed by atoms with Crippen LogP contribution in [-0.2, 0) is 9.59 Å². The van der Waals surface area contributed by atoms with E-state index >= 15 is 0 Å². The number of amides is 2. The number of hydrogen-bond donors (Lipinski definition) is 2. The second-order valence-electron chi connectivity index (χ2n) is 5.41. The van der Waals surface area contributed by atoms with Crippen molar-refractivity contribution in [2.24, 2.45) is 0 Å². The second-order valence-corrected chi connectivity index (χ2v) is 6.27. The van der Waals surface area contributed by atoms with Crippen LogP contribution in [0.25, 0.3) is 6.08 Å². The van der Waals surface area contributed by atoms with Crippen LogP contribution in [0.4, 0.5) is 11.4 Å². The highest BCUT2D eigenvalue weighted by molar-refractivity contribution is 9.10. The molecular weight excluding hydrogens is 402 g/mol. The predicted octanol–water partition coefficient (Wildman–Crippen LogP) is 3.43. The summed E-state index contributed by atoms with van der Waals surface area (Å²) in [5.74, 6) is -0.783. The van der Waals surface area contributed by atoms with Crippen molar-refractivity contribution in [3.63, 3.8) is 0 Å². The highest BCUT2D eigenvalue weighted by Gasteiger charge is 2.06. The van der Waals surface area contributed by atoms with Gasteiger partial charge in [-0.25, -0.2) is 0 Å². The van der Waals surface area contributed by atoms with Gasteiger partial charge in [-0.3, -0.25) is 19.7 Å². The van der Waals surface area contributed by atoms with Crippen LogP contribution in [0.15, 0.2) is 53.0 Å². The molecule has 2 rings (SSSR count). The van der Waals surface area contributed by atoms with E-state index in [9.17, 15) is 19.7 Å². The smallest absolute Gasteiger partial charge is 0.269 e. The largest absolute Gasteiger partial charge is 0.343 e. The number of nitro groups is 1. The molecule has 0 aromatic heterocycles. The summed E-state index contributed by atoms with van der Waals surface area (Å²) in [5.41, 5.74) is 2.25. The predicted molar refractivity (Wildman–Crippen MR) is 103 cm³/mol. The summed E-state index contributed by atoms with van der Waals surface area (Å²) in [6.45, 7) is 1.74. The number of aryl methyl sites for hydroxylation is 1. The molecule has 0 atom stereocenters. The first-order valence-electron chi connectivity index (χ1n) is 7.61. The lowest BCUT2D eigenvalue weighted by molar-refractivity contribution is -0.384. The van der Waals surface area contributed by atoms with E-state index in [1.165, 1.54) is 36.4 Å². The minimum atomic E-state index is -0.494. The first-order valence-corrected chi connectivity index (χ1v) is 8.41. The number of carbonyl (C=O) groups is 2. The topological polar surface area (TPSA) is 101 Å². The molecule has 8 heteroatoms. The lowest BCUT2D eigenvalue weighted by atomic mass is 10.2. The van der Waals surface area contributed by atoms with Gasteiger partial charge in [-0.05, 0) is 54.5 Å². The molecule has 2 aromatic carbocycles. The third kappa shape index (κ3) is 5.82. The average Bonchev–Trinajstić information content (AvgIpc) is 2.61. The molecule has 0 aliphatic carbocycles. The lowest BCUT2D eigenvalue weighted by Crippen LogP contribution is -2.31. The van der Waals surface area contributed by atoms with Crippen molar-refractivity contribution in [2.75, 3.05) is 11.9 Å². The van der Waals surface area contributed by atoms with E-state index in [4.69, 9.17) is 0 Å². The fourth-order valence-corrected chi connectivity index (χ4v) is 2.28. The number of nitro benzene ring substituents is 1. The molecule has 0 bridgehead atoms. The summed E-state index contributed by atoms with van der Waals surface area (Å²) in [4.78, 5) is 33.7. The van der Waals surface area contributed by atoms with Crippen molar-refractivity contribution in [2.45, 2.75) is 6.92 Å². The van der Waals surface area contributed by atoms with Crippen LogP contribution in [0.2, 0.25) is 0 Å². The minimum Gasteiger partial charge on any atom is -0.343 e. The average molecular weight is 418 g/mol. The van der Waals surface area contributed by atoms with Crippen LogP contribution >= 0.6 is 15.9 Å². The van der Waals surface area contributed by atoms with Gasteiger partial charge in [0, 0.05) is 28.4 Å². The molecule has 0 aliphatic rings. The summed E-state index contributed by atoms with van der Waals surface area (Å²) >= 11 is 3.38. The monoisotopic (exact) mass is 417 g/mol. The summed E-state index contributed by atoms with van der Waals surface area (Å²) in [6.07, 6.45) is 2.77. The molecule has 0 saturated carbocycles.